The van der Waals surface area contributed by atoms with E-state index in [1.54, 1.807) is 0 Å². The summed E-state index contributed by atoms with van der Waals surface area (Å²) in [7, 11) is 0. The molecule has 0 saturated carbocycles. The number of nitrogens with zero attached hydrogens (tertiary/aromatic N) is 1. The smallest absolute Gasteiger partial charge is 0.0597 e. The number of hydrogen-bond donors (Lipinski definition) is 1. The summed E-state index contributed by atoms with van der Waals surface area (Å²) in [5.74, 6) is 0. The van der Waals surface area contributed by atoms with E-state index in [4.69, 9.17) is 4.74 Å². The molecule has 1 saturated heterocycles. The number of piperazine rings is 1. The van der Waals surface area contributed by atoms with Gasteiger partial charge in [-0.2, -0.15) is 0 Å². The van der Waals surface area contributed by atoms with Crippen molar-refractivity contribution in [3.8, 4) is 0 Å². The fraction of sp³-hybridized carbons (Fsp3) is 1.00. The van der Waals surface area contributed by atoms with Gasteiger partial charge in [-0.05, 0) is 34.6 Å². The fourth-order valence-corrected chi connectivity index (χ4v) is 1.97. The molecule has 0 aromatic heterocycles. The summed E-state index contributed by atoms with van der Waals surface area (Å²) in [6.07, 6.45) is 0.341. The molecular weight excluding hydrogens is 188 g/mol. The van der Waals surface area contributed by atoms with Crippen LogP contribution in [0.4, 0.5) is 0 Å². The SMILES string of the molecule is CC1CN(CCOC(C)C)C(C)(C)CN1. The Morgan fingerprint density at radius 1 is 1.47 bits per heavy atom. The van der Waals surface area contributed by atoms with E-state index in [-0.39, 0.29) is 5.54 Å². The Morgan fingerprint density at radius 2 is 2.13 bits per heavy atom. The van der Waals surface area contributed by atoms with E-state index in [0.29, 0.717) is 12.1 Å². The lowest BCUT2D eigenvalue weighted by Gasteiger charge is -2.45. The average molecular weight is 214 g/mol. The van der Waals surface area contributed by atoms with Gasteiger partial charge < -0.3 is 10.1 Å². The van der Waals surface area contributed by atoms with E-state index in [9.17, 15) is 0 Å². The molecule has 0 aromatic rings. The zero-order valence-electron chi connectivity index (χ0n) is 10.8. The second-order valence-electron chi connectivity index (χ2n) is 5.46. The van der Waals surface area contributed by atoms with Gasteiger partial charge in [-0.15, -0.1) is 0 Å². The molecule has 0 amide bonds. The van der Waals surface area contributed by atoms with Crippen LogP contribution in [0.25, 0.3) is 0 Å². The molecule has 1 aliphatic heterocycles. The number of rotatable bonds is 4. The van der Waals surface area contributed by atoms with Crippen LogP contribution in [-0.2, 0) is 4.74 Å². The molecule has 1 heterocycles. The van der Waals surface area contributed by atoms with E-state index in [1.165, 1.54) is 0 Å². The van der Waals surface area contributed by atoms with Gasteiger partial charge in [0.15, 0.2) is 0 Å². The third-order valence-corrected chi connectivity index (χ3v) is 3.05. The zero-order valence-corrected chi connectivity index (χ0v) is 10.8. The van der Waals surface area contributed by atoms with Crippen molar-refractivity contribution in [2.75, 3.05) is 26.2 Å². The highest BCUT2D eigenvalue weighted by Crippen LogP contribution is 2.17. The van der Waals surface area contributed by atoms with E-state index in [0.717, 1.165) is 26.2 Å². The molecule has 1 rings (SSSR count). The fourth-order valence-electron chi connectivity index (χ4n) is 1.97. The first kappa shape index (κ1) is 12.9. The van der Waals surface area contributed by atoms with Crippen molar-refractivity contribution >= 4 is 0 Å². The van der Waals surface area contributed by atoms with Crippen molar-refractivity contribution in [3.05, 3.63) is 0 Å². The van der Waals surface area contributed by atoms with Crippen molar-refractivity contribution < 1.29 is 4.74 Å². The summed E-state index contributed by atoms with van der Waals surface area (Å²) in [5, 5.41) is 3.52. The first-order valence-electron chi connectivity index (χ1n) is 6.02. The topological polar surface area (TPSA) is 24.5 Å². The average Bonchev–Trinajstić information content (AvgIpc) is 2.11. The quantitative estimate of drug-likeness (QED) is 0.767. The van der Waals surface area contributed by atoms with Crippen LogP contribution in [0.2, 0.25) is 0 Å². The van der Waals surface area contributed by atoms with Crippen molar-refractivity contribution in [2.45, 2.75) is 52.3 Å². The van der Waals surface area contributed by atoms with Crippen molar-refractivity contribution in [3.63, 3.8) is 0 Å². The number of ether oxygens (including phenoxy) is 1. The number of hydrogen-bond acceptors (Lipinski definition) is 3. The molecule has 0 aromatic carbocycles. The van der Waals surface area contributed by atoms with Gasteiger partial charge in [-0.1, -0.05) is 0 Å². The highest BCUT2D eigenvalue weighted by Gasteiger charge is 2.31. The normalized spacial score (nSPS) is 27.2. The first-order chi connectivity index (χ1) is 6.92. The van der Waals surface area contributed by atoms with Crippen LogP contribution in [0.15, 0.2) is 0 Å². The van der Waals surface area contributed by atoms with Gasteiger partial charge in [0.1, 0.15) is 0 Å². The van der Waals surface area contributed by atoms with E-state index < -0.39 is 0 Å². The van der Waals surface area contributed by atoms with E-state index >= 15 is 0 Å². The molecule has 0 bridgehead atoms. The standard InChI is InChI=1S/C12H26N2O/c1-10(2)15-7-6-14-8-11(3)13-9-12(14,4)5/h10-11,13H,6-9H2,1-5H3. The van der Waals surface area contributed by atoms with Gasteiger partial charge in [0.05, 0.1) is 12.7 Å². The first-order valence-corrected chi connectivity index (χ1v) is 6.02. The van der Waals surface area contributed by atoms with Gasteiger partial charge in [0, 0.05) is 31.2 Å². The third-order valence-electron chi connectivity index (χ3n) is 3.05. The minimum absolute atomic E-state index is 0.257. The second kappa shape index (κ2) is 5.28. The molecule has 0 radical (unpaired) electrons. The van der Waals surface area contributed by atoms with Crippen LogP contribution >= 0.6 is 0 Å². The van der Waals surface area contributed by atoms with E-state index in [2.05, 4.69) is 44.8 Å². The molecule has 1 aliphatic rings. The Morgan fingerprint density at radius 3 is 2.73 bits per heavy atom. The lowest BCUT2D eigenvalue weighted by molar-refractivity contribution is 0.0129. The molecule has 3 nitrogen and oxygen atoms in total. The maximum atomic E-state index is 5.61. The molecule has 1 unspecified atom stereocenters. The zero-order chi connectivity index (χ0) is 11.5. The third kappa shape index (κ3) is 4.09. The summed E-state index contributed by atoms with van der Waals surface area (Å²) < 4.78 is 5.61. The highest BCUT2D eigenvalue weighted by atomic mass is 16.5. The van der Waals surface area contributed by atoms with Crippen molar-refractivity contribution in [1.29, 1.82) is 0 Å². The maximum Gasteiger partial charge on any atom is 0.0597 e. The minimum Gasteiger partial charge on any atom is -0.377 e. The molecular formula is C12H26N2O. The Labute approximate surface area is 94.2 Å². The molecule has 15 heavy (non-hydrogen) atoms. The molecule has 90 valence electrons. The summed E-state index contributed by atoms with van der Waals surface area (Å²) in [6, 6.07) is 0.595. The van der Waals surface area contributed by atoms with Gasteiger partial charge in [-0.25, -0.2) is 0 Å². The largest absolute Gasteiger partial charge is 0.377 e. The van der Waals surface area contributed by atoms with E-state index in [1.807, 2.05) is 0 Å². The van der Waals surface area contributed by atoms with Gasteiger partial charge in [0.25, 0.3) is 0 Å². The highest BCUT2D eigenvalue weighted by molar-refractivity contribution is 4.91. The molecule has 1 N–H and O–H groups in total. The van der Waals surface area contributed by atoms with Crippen LogP contribution in [-0.4, -0.2) is 48.8 Å². The van der Waals surface area contributed by atoms with Crippen molar-refractivity contribution in [1.82, 2.24) is 10.2 Å². The van der Waals surface area contributed by atoms with Crippen LogP contribution in [0, 0.1) is 0 Å². The van der Waals surface area contributed by atoms with Gasteiger partial charge >= 0.3 is 0 Å². The van der Waals surface area contributed by atoms with Crippen LogP contribution in [0.3, 0.4) is 0 Å². The second-order valence-corrected chi connectivity index (χ2v) is 5.46. The Balaban J connectivity index is 2.36. The van der Waals surface area contributed by atoms with Gasteiger partial charge in [-0.3, -0.25) is 4.90 Å². The molecule has 3 heteroatoms. The van der Waals surface area contributed by atoms with Crippen LogP contribution in [0.5, 0.6) is 0 Å². The summed E-state index contributed by atoms with van der Waals surface area (Å²) in [5.41, 5.74) is 0.257. The lowest BCUT2D eigenvalue weighted by atomic mass is 9.98. The summed E-state index contributed by atoms with van der Waals surface area (Å²) in [6.45, 7) is 15.1. The Hall–Kier alpha value is -0.120. The van der Waals surface area contributed by atoms with Crippen LogP contribution < -0.4 is 5.32 Å². The summed E-state index contributed by atoms with van der Waals surface area (Å²) >= 11 is 0. The predicted molar refractivity (Wildman–Crippen MR) is 64.2 cm³/mol. The predicted octanol–water partition coefficient (Wildman–Crippen LogP) is 1.48. The molecule has 0 aliphatic carbocycles. The molecule has 1 atom stereocenters. The molecule has 0 spiro atoms. The van der Waals surface area contributed by atoms with Gasteiger partial charge in [0.2, 0.25) is 0 Å². The van der Waals surface area contributed by atoms with Crippen LogP contribution in [0.1, 0.15) is 34.6 Å². The lowest BCUT2D eigenvalue weighted by Crippen LogP contribution is -2.61. The maximum absolute atomic E-state index is 5.61. The monoisotopic (exact) mass is 214 g/mol. The summed E-state index contributed by atoms with van der Waals surface area (Å²) in [4.78, 5) is 2.52. The Kier molecular flexibility index (Phi) is 4.56. The number of nitrogens with one attached hydrogen (secondary N) is 1. The van der Waals surface area contributed by atoms with Crippen molar-refractivity contribution in [2.24, 2.45) is 0 Å². The Bertz CT molecular complexity index is 192. The minimum atomic E-state index is 0.257. The molecule has 1 fully saturated rings.